The molecule has 2 aromatic rings. The molecule has 0 heterocycles. The van der Waals surface area contributed by atoms with E-state index < -0.39 is 38.9 Å². The Morgan fingerprint density at radius 3 is 2.29 bits per heavy atom. The fraction of sp³-hybridized carbons (Fsp3) is 0.316. The monoisotopic (exact) mass is 414 g/mol. The van der Waals surface area contributed by atoms with Gasteiger partial charge in [0.2, 0.25) is 10.0 Å². The minimum absolute atomic E-state index is 0.0339. The lowest BCUT2D eigenvalue weighted by atomic mass is 10.1. The smallest absolute Gasteiger partial charge is 0.254 e. The van der Waals surface area contributed by atoms with Gasteiger partial charge in [-0.25, -0.2) is 21.6 Å². The fourth-order valence-electron chi connectivity index (χ4n) is 2.68. The number of benzene rings is 2. The highest BCUT2D eigenvalue weighted by molar-refractivity contribution is 7.89. The summed E-state index contributed by atoms with van der Waals surface area (Å²) in [7, 11) is -3.85. The van der Waals surface area contributed by atoms with E-state index in [4.69, 9.17) is 0 Å². The zero-order chi connectivity index (χ0) is 20.9. The van der Waals surface area contributed by atoms with Crippen molar-refractivity contribution < 1.29 is 26.4 Å². The Balaban J connectivity index is 2.15. The number of nitrogens with zero attached hydrogens (tertiary/aromatic N) is 1. The summed E-state index contributed by atoms with van der Waals surface area (Å²) < 4.78 is 66.8. The summed E-state index contributed by atoms with van der Waals surface area (Å²) in [6.45, 7) is 3.79. The molecule has 2 rings (SSSR count). The van der Waals surface area contributed by atoms with Gasteiger partial charge in [-0.1, -0.05) is 19.9 Å². The van der Waals surface area contributed by atoms with Crippen LogP contribution in [0.4, 0.5) is 13.2 Å². The maximum absolute atomic E-state index is 14.1. The number of sulfonamides is 1. The molecule has 9 heteroatoms. The maximum Gasteiger partial charge on any atom is 0.254 e. The van der Waals surface area contributed by atoms with Crippen LogP contribution < -0.4 is 5.32 Å². The number of halogens is 3. The molecule has 1 N–H and O–H groups in total. The molecule has 152 valence electrons. The van der Waals surface area contributed by atoms with Gasteiger partial charge in [0.25, 0.3) is 5.91 Å². The summed E-state index contributed by atoms with van der Waals surface area (Å²) in [6.07, 6.45) is 0.0664. The van der Waals surface area contributed by atoms with Gasteiger partial charge in [0.15, 0.2) is 0 Å². The van der Waals surface area contributed by atoms with Gasteiger partial charge in [-0.15, -0.1) is 0 Å². The van der Waals surface area contributed by atoms with Crippen molar-refractivity contribution in [3.8, 4) is 0 Å². The highest BCUT2D eigenvalue weighted by Crippen LogP contribution is 2.19. The summed E-state index contributed by atoms with van der Waals surface area (Å²) in [5.74, 6) is -3.15. The van der Waals surface area contributed by atoms with Crippen molar-refractivity contribution in [1.82, 2.24) is 9.62 Å². The number of hydrogen-bond acceptors (Lipinski definition) is 3. The minimum Gasteiger partial charge on any atom is -0.352 e. The molecule has 5 nitrogen and oxygen atoms in total. The Hall–Kier alpha value is -2.39. The number of rotatable bonds is 8. The molecule has 0 atom stereocenters. The van der Waals surface area contributed by atoms with Gasteiger partial charge in [0.05, 0.1) is 10.5 Å². The predicted molar refractivity (Wildman–Crippen MR) is 98.9 cm³/mol. The quantitative estimate of drug-likeness (QED) is 0.722. The molecule has 0 aromatic heterocycles. The number of nitrogens with one attached hydrogen (secondary N) is 1. The zero-order valence-corrected chi connectivity index (χ0v) is 16.3. The molecule has 0 saturated carbocycles. The second kappa shape index (κ2) is 9.20. The van der Waals surface area contributed by atoms with Crippen LogP contribution in [0.1, 0.15) is 29.8 Å². The van der Waals surface area contributed by atoms with E-state index in [0.717, 1.165) is 30.3 Å². The molecular formula is C19H21F3N2O3S. The van der Waals surface area contributed by atoms with Crippen molar-refractivity contribution in [3.63, 3.8) is 0 Å². The first-order valence-corrected chi connectivity index (χ1v) is 10.2. The largest absolute Gasteiger partial charge is 0.352 e. The summed E-state index contributed by atoms with van der Waals surface area (Å²) in [4.78, 5) is 12.1. The van der Waals surface area contributed by atoms with Crippen LogP contribution in [0.15, 0.2) is 41.3 Å². The van der Waals surface area contributed by atoms with Crippen LogP contribution in [0.2, 0.25) is 0 Å². The van der Waals surface area contributed by atoms with Crippen LogP contribution in [0, 0.1) is 17.5 Å². The van der Waals surface area contributed by atoms with Crippen LogP contribution >= 0.6 is 0 Å². The lowest BCUT2D eigenvalue weighted by Gasteiger charge is -2.19. The van der Waals surface area contributed by atoms with Crippen molar-refractivity contribution in [3.05, 3.63) is 65.0 Å². The minimum atomic E-state index is -3.85. The SMILES string of the molecule is CCN(CC)S(=O)(=O)c1ccc(F)c(C(=O)NCCc2ccc(F)cc2F)c1. The van der Waals surface area contributed by atoms with Gasteiger partial charge in [-0.2, -0.15) is 4.31 Å². The van der Waals surface area contributed by atoms with Gasteiger partial charge >= 0.3 is 0 Å². The Morgan fingerprint density at radius 1 is 1.00 bits per heavy atom. The Morgan fingerprint density at radius 2 is 1.68 bits per heavy atom. The molecule has 2 aromatic carbocycles. The van der Waals surface area contributed by atoms with E-state index in [1.807, 2.05) is 0 Å². The van der Waals surface area contributed by atoms with Crippen LogP contribution in [-0.2, 0) is 16.4 Å². The normalized spacial score (nSPS) is 11.6. The maximum atomic E-state index is 14.1. The van der Waals surface area contributed by atoms with Gasteiger partial charge < -0.3 is 5.32 Å². The first kappa shape index (κ1) is 21.9. The summed E-state index contributed by atoms with van der Waals surface area (Å²) >= 11 is 0. The number of hydrogen-bond donors (Lipinski definition) is 1. The Labute approximate surface area is 162 Å². The molecule has 0 aliphatic carbocycles. The van der Waals surface area contributed by atoms with E-state index in [0.29, 0.717) is 0 Å². The van der Waals surface area contributed by atoms with Gasteiger partial charge in [0, 0.05) is 25.7 Å². The molecule has 0 unspecified atom stereocenters. The van der Waals surface area contributed by atoms with Crippen LogP contribution in [0.3, 0.4) is 0 Å². The van der Waals surface area contributed by atoms with Crippen LogP contribution in [0.5, 0.6) is 0 Å². The van der Waals surface area contributed by atoms with E-state index in [1.165, 1.54) is 10.4 Å². The molecule has 0 spiro atoms. The molecule has 0 saturated heterocycles. The number of carbonyl (C=O) groups is 1. The third-order valence-electron chi connectivity index (χ3n) is 4.22. The van der Waals surface area contributed by atoms with E-state index >= 15 is 0 Å². The Bertz CT molecular complexity index is 961. The molecule has 1 amide bonds. The van der Waals surface area contributed by atoms with Gasteiger partial charge in [0.1, 0.15) is 17.5 Å². The van der Waals surface area contributed by atoms with E-state index in [1.54, 1.807) is 13.8 Å². The summed E-state index contributed by atoms with van der Waals surface area (Å²) in [5, 5.41) is 2.42. The van der Waals surface area contributed by atoms with Crippen molar-refractivity contribution in [2.24, 2.45) is 0 Å². The average Bonchev–Trinajstić information content (AvgIpc) is 2.64. The third-order valence-corrected chi connectivity index (χ3v) is 6.27. The van der Waals surface area contributed by atoms with Gasteiger partial charge in [-0.3, -0.25) is 4.79 Å². The topological polar surface area (TPSA) is 66.5 Å². The molecule has 0 bridgehead atoms. The van der Waals surface area contributed by atoms with Gasteiger partial charge in [-0.05, 0) is 36.2 Å². The third kappa shape index (κ3) is 4.90. The highest BCUT2D eigenvalue weighted by atomic mass is 32.2. The molecule has 0 radical (unpaired) electrons. The van der Waals surface area contributed by atoms with Crippen molar-refractivity contribution in [1.29, 1.82) is 0 Å². The first-order valence-electron chi connectivity index (χ1n) is 8.72. The first-order chi connectivity index (χ1) is 13.2. The summed E-state index contributed by atoms with van der Waals surface area (Å²) in [5.41, 5.74) is -0.229. The van der Waals surface area contributed by atoms with Crippen molar-refractivity contribution in [2.45, 2.75) is 25.2 Å². The predicted octanol–water partition coefficient (Wildman–Crippen LogP) is 3.11. The lowest BCUT2D eigenvalue weighted by molar-refractivity contribution is 0.0949. The van der Waals surface area contributed by atoms with E-state index in [-0.39, 0.29) is 36.5 Å². The molecule has 0 aliphatic heterocycles. The summed E-state index contributed by atoms with van der Waals surface area (Å²) in [6, 6.07) is 6.10. The number of carbonyl (C=O) groups excluding carboxylic acids is 1. The van der Waals surface area contributed by atoms with E-state index in [9.17, 15) is 26.4 Å². The van der Waals surface area contributed by atoms with Crippen molar-refractivity contribution in [2.75, 3.05) is 19.6 Å². The molecule has 0 aliphatic rings. The number of amides is 1. The highest BCUT2D eigenvalue weighted by Gasteiger charge is 2.24. The zero-order valence-electron chi connectivity index (χ0n) is 15.5. The van der Waals surface area contributed by atoms with Crippen LogP contribution in [0.25, 0.3) is 0 Å². The van der Waals surface area contributed by atoms with Crippen molar-refractivity contribution >= 4 is 15.9 Å². The van der Waals surface area contributed by atoms with Crippen LogP contribution in [-0.4, -0.2) is 38.3 Å². The Kier molecular flexibility index (Phi) is 7.20. The molecule has 0 fully saturated rings. The van der Waals surface area contributed by atoms with E-state index in [2.05, 4.69) is 5.32 Å². The second-order valence-corrected chi connectivity index (χ2v) is 7.91. The molecule has 28 heavy (non-hydrogen) atoms. The average molecular weight is 414 g/mol. The lowest BCUT2D eigenvalue weighted by Crippen LogP contribution is -2.31. The molecular weight excluding hydrogens is 393 g/mol. The standard InChI is InChI=1S/C19H21F3N2O3S/c1-3-24(4-2)28(26,27)15-7-8-17(21)16(12-15)19(25)23-10-9-13-5-6-14(20)11-18(13)22/h5-8,11-12H,3-4,9-10H2,1-2H3,(H,23,25). The fourth-order valence-corrected chi connectivity index (χ4v) is 4.17. The second-order valence-electron chi connectivity index (χ2n) is 5.97.